The maximum absolute atomic E-state index is 9.87. The van der Waals surface area contributed by atoms with Crippen molar-refractivity contribution >= 4 is 11.3 Å². The van der Waals surface area contributed by atoms with Gasteiger partial charge in [-0.2, -0.15) is 0 Å². The van der Waals surface area contributed by atoms with E-state index in [9.17, 15) is 5.11 Å². The Morgan fingerprint density at radius 2 is 2.31 bits per heavy atom. The van der Waals surface area contributed by atoms with Crippen LogP contribution >= 0.6 is 11.3 Å². The lowest BCUT2D eigenvalue weighted by Crippen LogP contribution is -2.23. The van der Waals surface area contributed by atoms with Crippen molar-refractivity contribution in [3.8, 4) is 0 Å². The van der Waals surface area contributed by atoms with Gasteiger partial charge in [-0.1, -0.05) is 6.07 Å². The number of hydrogen-bond acceptors (Lipinski definition) is 4. The van der Waals surface area contributed by atoms with Gasteiger partial charge in [-0.3, -0.25) is 0 Å². The van der Waals surface area contributed by atoms with Gasteiger partial charge < -0.3 is 14.8 Å². The van der Waals surface area contributed by atoms with Crippen LogP contribution in [0.3, 0.4) is 0 Å². The van der Waals surface area contributed by atoms with E-state index in [4.69, 9.17) is 4.42 Å². The van der Waals surface area contributed by atoms with Gasteiger partial charge in [0, 0.05) is 11.4 Å². The topological polar surface area (TPSA) is 45.4 Å². The Morgan fingerprint density at radius 3 is 2.94 bits per heavy atom. The molecule has 2 atom stereocenters. The Labute approximate surface area is 98.7 Å². The van der Waals surface area contributed by atoms with Gasteiger partial charge >= 0.3 is 0 Å². The van der Waals surface area contributed by atoms with Gasteiger partial charge in [0.25, 0.3) is 0 Å². The molecule has 0 aliphatic rings. The van der Waals surface area contributed by atoms with Crippen molar-refractivity contribution in [2.75, 3.05) is 6.54 Å². The van der Waals surface area contributed by atoms with Crippen LogP contribution in [0.4, 0.5) is 0 Å². The normalized spacial score (nSPS) is 14.9. The molecule has 4 heteroatoms. The molecule has 0 bridgehead atoms. The fourth-order valence-corrected chi connectivity index (χ4v) is 2.22. The van der Waals surface area contributed by atoms with Crippen molar-refractivity contribution < 1.29 is 9.52 Å². The Balaban J connectivity index is 1.84. The highest BCUT2D eigenvalue weighted by Gasteiger charge is 2.12. The Kier molecular flexibility index (Phi) is 3.77. The van der Waals surface area contributed by atoms with E-state index in [1.54, 1.807) is 17.6 Å². The first-order chi connectivity index (χ1) is 7.77. The first kappa shape index (κ1) is 11.4. The summed E-state index contributed by atoms with van der Waals surface area (Å²) >= 11 is 1.57. The van der Waals surface area contributed by atoms with Crippen LogP contribution in [-0.4, -0.2) is 11.7 Å². The average Bonchev–Trinajstić information content (AvgIpc) is 2.95. The molecule has 0 saturated carbocycles. The third kappa shape index (κ3) is 2.72. The standard InChI is InChI=1S/C12H15NO2S/c1-9(11-4-2-6-15-11)13-8-10(14)12-5-3-7-16-12/h2-7,9-10,13-14H,8H2,1H3/t9-,10?/m0/s1. The zero-order chi connectivity index (χ0) is 11.4. The third-order valence-electron chi connectivity index (χ3n) is 2.46. The smallest absolute Gasteiger partial charge is 0.120 e. The SMILES string of the molecule is C[C@H](NCC(O)c1cccs1)c1ccco1. The minimum Gasteiger partial charge on any atom is -0.468 e. The second-order valence-electron chi connectivity index (χ2n) is 3.68. The van der Waals surface area contributed by atoms with Crippen LogP contribution in [0.5, 0.6) is 0 Å². The Hall–Kier alpha value is -1.10. The summed E-state index contributed by atoms with van der Waals surface area (Å²) in [6.45, 7) is 2.54. The lowest BCUT2D eigenvalue weighted by atomic mass is 10.2. The lowest BCUT2D eigenvalue weighted by Gasteiger charge is -2.14. The van der Waals surface area contributed by atoms with E-state index in [1.807, 2.05) is 36.6 Å². The molecule has 16 heavy (non-hydrogen) atoms. The molecule has 3 nitrogen and oxygen atoms in total. The molecular weight excluding hydrogens is 222 g/mol. The largest absolute Gasteiger partial charge is 0.468 e. The molecule has 2 rings (SSSR count). The fourth-order valence-electron chi connectivity index (χ4n) is 1.51. The molecule has 0 radical (unpaired) electrons. The lowest BCUT2D eigenvalue weighted by molar-refractivity contribution is 0.172. The molecule has 1 unspecified atom stereocenters. The second kappa shape index (κ2) is 5.30. The average molecular weight is 237 g/mol. The van der Waals surface area contributed by atoms with Gasteiger partial charge in [-0.25, -0.2) is 0 Å². The van der Waals surface area contributed by atoms with E-state index in [-0.39, 0.29) is 6.04 Å². The van der Waals surface area contributed by atoms with E-state index in [0.29, 0.717) is 6.54 Å². The third-order valence-corrected chi connectivity index (χ3v) is 3.43. The van der Waals surface area contributed by atoms with Crippen molar-refractivity contribution in [2.45, 2.75) is 19.1 Å². The Morgan fingerprint density at radius 1 is 1.44 bits per heavy atom. The summed E-state index contributed by atoms with van der Waals surface area (Å²) in [5.41, 5.74) is 0. The summed E-state index contributed by atoms with van der Waals surface area (Å²) in [6, 6.07) is 7.79. The first-order valence-electron chi connectivity index (χ1n) is 5.25. The van der Waals surface area contributed by atoms with Crippen molar-refractivity contribution in [2.24, 2.45) is 0 Å². The molecule has 0 aromatic carbocycles. The fraction of sp³-hybridized carbons (Fsp3) is 0.333. The zero-order valence-electron chi connectivity index (χ0n) is 9.09. The molecule has 0 fully saturated rings. The quantitative estimate of drug-likeness (QED) is 0.840. The summed E-state index contributed by atoms with van der Waals surface area (Å²) in [5, 5.41) is 15.1. The van der Waals surface area contributed by atoms with Crippen LogP contribution in [0.25, 0.3) is 0 Å². The number of aliphatic hydroxyl groups excluding tert-OH is 1. The van der Waals surface area contributed by atoms with Crippen LogP contribution in [0.2, 0.25) is 0 Å². The molecule has 2 aromatic rings. The van der Waals surface area contributed by atoms with Gasteiger partial charge in [0.05, 0.1) is 12.3 Å². The van der Waals surface area contributed by atoms with Crippen molar-refractivity contribution in [3.05, 3.63) is 46.5 Å². The van der Waals surface area contributed by atoms with E-state index >= 15 is 0 Å². The van der Waals surface area contributed by atoms with Gasteiger partial charge in [0.1, 0.15) is 11.9 Å². The summed E-state index contributed by atoms with van der Waals surface area (Å²) in [6.07, 6.45) is 1.21. The Bertz CT molecular complexity index is 356. The van der Waals surface area contributed by atoms with Gasteiger partial charge in [0.15, 0.2) is 0 Å². The number of aliphatic hydroxyl groups is 1. The van der Waals surface area contributed by atoms with Crippen LogP contribution in [0.15, 0.2) is 40.3 Å². The number of nitrogens with one attached hydrogen (secondary N) is 1. The molecular formula is C12H15NO2S. The molecule has 0 amide bonds. The van der Waals surface area contributed by atoms with Crippen molar-refractivity contribution in [1.82, 2.24) is 5.32 Å². The number of furan rings is 1. The second-order valence-corrected chi connectivity index (χ2v) is 4.66. The zero-order valence-corrected chi connectivity index (χ0v) is 9.91. The monoisotopic (exact) mass is 237 g/mol. The van der Waals surface area contributed by atoms with E-state index in [1.165, 1.54) is 0 Å². The molecule has 0 saturated heterocycles. The summed E-state index contributed by atoms with van der Waals surface area (Å²) in [7, 11) is 0. The first-order valence-corrected chi connectivity index (χ1v) is 6.13. The van der Waals surface area contributed by atoms with E-state index in [2.05, 4.69) is 5.32 Å². The van der Waals surface area contributed by atoms with Crippen LogP contribution < -0.4 is 5.32 Å². The van der Waals surface area contributed by atoms with Crippen LogP contribution in [0.1, 0.15) is 29.7 Å². The molecule has 86 valence electrons. The highest BCUT2D eigenvalue weighted by atomic mass is 32.1. The maximum atomic E-state index is 9.87. The van der Waals surface area contributed by atoms with E-state index in [0.717, 1.165) is 10.6 Å². The summed E-state index contributed by atoms with van der Waals surface area (Å²) in [5.74, 6) is 0.887. The van der Waals surface area contributed by atoms with Crippen molar-refractivity contribution in [1.29, 1.82) is 0 Å². The number of rotatable bonds is 5. The highest BCUT2D eigenvalue weighted by molar-refractivity contribution is 7.10. The number of hydrogen-bond donors (Lipinski definition) is 2. The molecule has 2 aromatic heterocycles. The van der Waals surface area contributed by atoms with E-state index < -0.39 is 6.10 Å². The van der Waals surface area contributed by atoms with Crippen LogP contribution in [-0.2, 0) is 0 Å². The maximum Gasteiger partial charge on any atom is 0.120 e. The summed E-state index contributed by atoms with van der Waals surface area (Å²) in [4.78, 5) is 0.985. The molecule has 2 heterocycles. The molecule has 0 spiro atoms. The minimum absolute atomic E-state index is 0.115. The molecule has 0 aliphatic heterocycles. The van der Waals surface area contributed by atoms with Crippen molar-refractivity contribution in [3.63, 3.8) is 0 Å². The van der Waals surface area contributed by atoms with Gasteiger partial charge in [-0.15, -0.1) is 11.3 Å². The van der Waals surface area contributed by atoms with Gasteiger partial charge in [0.2, 0.25) is 0 Å². The predicted octanol–water partition coefficient (Wildman–Crippen LogP) is 2.73. The van der Waals surface area contributed by atoms with Gasteiger partial charge in [-0.05, 0) is 30.5 Å². The minimum atomic E-state index is -0.447. The highest BCUT2D eigenvalue weighted by Crippen LogP contribution is 2.19. The van der Waals surface area contributed by atoms with Crippen LogP contribution in [0, 0.1) is 0 Å². The molecule has 2 N–H and O–H groups in total. The molecule has 0 aliphatic carbocycles. The summed E-state index contributed by atoms with van der Waals surface area (Å²) < 4.78 is 5.28. The number of thiophene rings is 1. The predicted molar refractivity (Wildman–Crippen MR) is 64.4 cm³/mol.